The summed E-state index contributed by atoms with van der Waals surface area (Å²) in [6.45, 7) is 0.235. The molecule has 0 amide bonds. The van der Waals surface area contributed by atoms with Crippen LogP contribution in [0, 0.1) is 11.3 Å². The highest BCUT2D eigenvalue weighted by atomic mass is 16.5. The maximum Gasteiger partial charge on any atom is 0.337 e. The molecule has 1 heterocycles. The van der Waals surface area contributed by atoms with Crippen LogP contribution in [0.15, 0.2) is 66.9 Å². The number of ether oxygens (including phenoxy) is 2. The number of pyridine rings is 1. The highest BCUT2D eigenvalue weighted by Crippen LogP contribution is 2.28. The summed E-state index contributed by atoms with van der Waals surface area (Å²) in [4.78, 5) is 15.6. The highest BCUT2D eigenvalue weighted by Gasteiger charge is 2.16. The van der Waals surface area contributed by atoms with Gasteiger partial charge in [0.1, 0.15) is 24.5 Å². The Bertz CT molecular complexity index is 1010. The SMILES string of the molecule is COC(COc1ccc(-c2ncccc2C(=O)O)cc1C#N)c1ccccc1. The Morgan fingerprint density at radius 1 is 1.18 bits per heavy atom. The molecule has 1 N–H and O–H groups in total. The van der Waals surface area contributed by atoms with Crippen molar-refractivity contribution in [3.8, 4) is 23.1 Å². The molecule has 0 radical (unpaired) electrons. The summed E-state index contributed by atoms with van der Waals surface area (Å²) in [6, 6.07) is 19.7. The van der Waals surface area contributed by atoms with Gasteiger partial charge in [0.25, 0.3) is 0 Å². The van der Waals surface area contributed by atoms with Gasteiger partial charge in [-0.05, 0) is 35.9 Å². The van der Waals surface area contributed by atoms with Crippen LogP contribution in [0.5, 0.6) is 5.75 Å². The van der Waals surface area contributed by atoms with Gasteiger partial charge in [-0.15, -0.1) is 0 Å². The zero-order valence-electron chi connectivity index (χ0n) is 15.2. The molecule has 1 atom stereocenters. The molecule has 2 aromatic carbocycles. The fourth-order valence-electron chi connectivity index (χ4n) is 2.83. The predicted octanol–water partition coefficient (Wildman–Crippen LogP) is 4.08. The Morgan fingerprint density at radius 3 is 2.64 bits per heavy atom. The van der Waals surface area contributed by atoms with E-state index in [2.05, 4.69) is 11.1 Å². The first-order valence-electron chi connectivity index (χ1n) is 8.57. The number of carboxylic acids is 1. The van der Waals surface area contributed by atoms with Crippen LogP contribution in [-0.4, -0.2) is 29.8 Å². The van der Waals surface area contributed by atoms with Crippen molar-refractivity contribution >= 4 is 5.97 Å². The summed E-state index contributed by atoms with van der Waals surface area (Å²) in [5.41, 5.74) is 2.18. The predicted molar refractivity (Wildman–Crippen MR) is 103 cm³/mol. The molecule has 1 unspecified atom stereocenters. The molecule has 3 rings (SSSR count). The average molecular weight is 374 g/mol. The fraction of sp³-hybridized carbons (Fsp3) is 0.136. The van der Waals surface area contributed by atoms with E-state index in [0.717, 1.165) is 5.56 Å². The molecular weight excluding hydrogens is 356 g/mol. The Morgan fingerprint density at radius 2 is 1.96 bits per heavy atom. The summed E-state index contributed by atoms with van der Waals surface area (Å²) in [5, 5.41) is 18.9. The van der Waals surface area contributed by atoms with Gasteiger partial charge in [0.05, 0.1) is 16.8 Å². The van der Waals surface area contributed by atoms with Crippen molar-refractivity contribution in [2.24, 2.45) is 0 Å². The number of carbonyl (C=O) groups is 1. The number of rotatable bonds is 7. The minimum atomic E-state index is -1.08. The van der Waals surface area contributed by atoms with Crippen molar-refractivity contribution in [1.82, 2.24) is 4.98 Å². The molecule has 0 aliphatic carbocycles. The van der Waals surface area contributed by atoms with Crippen molar-refractivity contribution in [3.63, 3.8) is 0 Å². The summed E-state index contributed by atoms with van der Waals surface area (Å²) in [6.07, 6.45) is 1.24. The molecule has 0 fully saturated rings. The zero-order valence-corrected chi connectivity index (χ0v) is 15.2. The van der Waals surface area contributed by atoms with Crippen molar-refractivity contribution in [1.29, 1.82) is 5.26 Å². The zero-order chi connectivity index (χ0) is 19.9. The number of hydrogen-bond donors (Lipinski definition) is 1. The van der Waals surface area contributed by atoms with E-state index in [0.29, 0.717) is 22.6 Å². The van der Waals surface area contributed by atoms with Crippen LogP contribution < -0.4 is 4.74 Å². The first-order chi connectivity index (χ1) is 13.6. The van der Waals surface area contributed by atoms with Crippen LogP contribution in [0.1, 0.15) is 27.6 Å². The first kappa shape index (κ1) is 19.1. The maximum atomic E-state index is 11.4. The summed E-state index contributed by atoms with van der Waals surface area (Å²) in [7, 11) is 1.60. The third-order valence-corrected chi connectivity index (χ3v) is 4.26. The first-order valence-corrected chi connectivity index (χ1v) is 8.57. The van der Waals surface area contributed by atoms with Gasteiger partial charge in [0, 0.05) is 18.9 Å². The van der Waals surface area contributed by atoms with E-state index in [-0.39, 0.29) is 18.3 Å². The number of benzene rings is 2. The van der Waals surface area contributed by atoms with E-state index in [1.54, 1.807) is 31.4 Å². The Balaban J connectivity index is 1.85. The summed E-state index contributed by atoms with van der Waals surface area (Å²) < 4.78 is 11.3. The Labute approximate surface area is 162 Å². The normalized spacial score (nSPS) is 11.4. The molecule has 6 heteroatoms. The second kappa shape index (κ2) is 8.80. The lowest BCUT2D eigenvalue weighted by Crippen LogP contribution is -2.12. The van der Waals surface area contributed by atoms with Crippen LogP contribution in [-0.2, 0) is 4.74 Å². The molecule has 0 bridgehead atoms. The Kier molecular flexibility index (Phi) is 6.00. The third-order valence-electron chi connectivity index (χ3n) is 4.26. The Hall–Kier alpha value is -3.69. The van der Waals surface area contributed by atoms with Crippen molar-refractivity contribution in [2.45, 2.75) is 6.10 Å². The van der Waals surface area contributed by atoms with E-state index < -0.39 is 5.97 Å². The van der Waals surface area contributed by atoms with Crippen LogP contribution >= 0.6 is 0 Å². The highest BCUT2D eigenvalue weighted by molar-refractivity contribution is 5.94. The molecule has 3 aromatic rings. The van der Waals surface area contributed by atoms with Crippen molar-refractivity contribution < 1.29 is 19.4 Å². The minimum Gasteiger partial charge on any atom is -0.489 e. The van der Waals surface area contributed by atoms with Gasteiger partial charge >= 0.3 is 5.97 Å². The topological polar surface area (TPSA) is 92.4 Å². The van der Waals surface area contributed by atoms with E-state index in [1.807, 2.05) is 30.3 Å². The van der Waals surface area contributed by atoms with Gasteiger partial charge in [0.2, 0.25) is 0 Å². The molecule has 140 valence electrons. The molecule has 0 aliphatic heterocycles. The van der Waals surface area contributed by atoms with E-state index >= 15 is 0 Å². The molecule has 0 saturated heterocycles. The number of nitrogens with zero attached hydrogens (tertiary/aromatic N) is 2. The molecule has 0 saturated carbocycles. The van der Waals surface area contributed by atoms with Crippen LogP contribution in [0.3, 0.4) is 0 Å². The number of hydrogen-bond acceptors (Lipinski definition) is 5. The third kappa shape index (κ3) is 4.17. The van der Waals surface area contributed by atoms with Crippen LogP contribution in [0.4, 0.5) is 0 Å². The molecule has 28 heavy (non-hydrogen) atoms. The van der Waals surface area contributed by atoms with Gasteiger partial charge in [0.15, 0.2) is 0 Å². The second-order valence-electron chi connectivity index (χ2n) is 5.97. The number of aromatic nitrogens is 1. The van der Waals surface area contributed by atoms with Crippen molar-refractivity contribution in [2.75, 3.05) is 13.7 Å². The minimum absolute atomic E-state index is 0.0728. The lowest BCUT2D eigenvalue weighted by molar-refractivity contribution is 0.0575. The van der Waals surface area contributed by atoms with E-state index in [4.69, 9.17) is 9.47 Å². The summed E-state index contributed by atoms with van der Waals surface area (Å²) >= 11 is 0. The number of nitriles is 1. The lowest BCUT2D eigenvalue weighted by Gasteiger charge is -2.17. The molecule has 0 aliphatic rings. The molecule has 0 spiro atoms. The van der Waals surface area contributed by atoms with Gasteiger partial charge in [-0.3, -0.25) is 4.98 Å². The standard InChI is InChI=1S/C22H18N2O4/c1-27-20(15-6-3-2-4-7-15)14-28-19-10-9-16(12-17(19)13-23)21-18(22(25)26)8-5-11-24-21/h2-12,20H,14H2,1H3,(H,25,26). The number of methoxy groups -OCH3 is 1. The maximum absolute atomic E-state index is 11.4. The molecular formula is C22H18N2O4. The number of aromatic carboxylic acids is 1. The summed E-state index contributed by atoms with van der Waals surface area (Å²) in [5.74, 6) is -0.676. The van der Waals surface area contributed by atoms with Gasteiger partial charge < -0.3 is 14.6 Å². The van der Waals surface area contributed by atoms with E-state index in [9.17, 15) is 15.2 Å². The smallest absolute Gasteiger partial charge is 0.337 e. The van der Waals surface area contributed by atoms with Gasteiger partial charge in [-0.2, -0.15) is 5.26 Å². The van der Waals surface area contributed by atoms with Crippen molar-refractivity contribution in [3.05, 3.63) is 83.6 Å². The monoisotopic (exact) mass is 374 g/mol. The van der Waals surface area contributed by atoms with Gasteiger partial charge in [-0.25, -0.2) is 4.79 Å². The average Bonchev–Trinajstić information content (AvgIpc) is 2.75. The van der Waals surface area contributed by atoms with E-state index in [1.165, 1.54) is 12.3 Å². The quantitative estimate of drug-likeness (QED) is 0.670. The molecule has 1 aromatic heterocycles. The lowest BCUT2D eigenvalue weighted by atomic mass is 10.0. The van der Waals surface area contributed by atoms with Crippen LogP contribution in [0.2, 0.25) is 0 Å². The second-order valence-corrected chi connectivity index (χ2v) is 5.97. The van der Waals surface area contributed by atoms with Gasteiger partial charge in [-0.1, -0.05) is 30.3 Å². The molecule has 6 nitrogen and oxygen atoms in total. The largest absolute Gasteiger partial charge is 0.489 e. The van der Waals surface area contributed by atoms with Crippen LogP contribution in [0.25, 0.3) is 11.3 Å². The fourth-order valence-corrected chi connectivity index (χ4v) is 2.83. The number of carboxylic acid groups (broad SMARTS) is 1.